The van der Waals surface area contributed by atoms with Crippen LogP contribution in [0.25, 0.3) is 0 Å². The summed E-state index contributed by atoms with van der Waals surface area (Å²) >= 11 is 0. The van der Waals surface area contributed by atoms with Crippen LogP contribution in [-0.4, -0.2) is 36.4 Å². The highest BCUT2D eigenvalue weighted by molar-refractivity contribution is 5.86. The normalized spacial score (nSPS) is 9.80. The predicted molar refractivity (Wildman–Crippen MR) is 56.9 cm³/mol. The lowest BCUT2D eigenvalue weighted by atomic mass is 10.3. The van der Waals surface area contributed by atoms with E-state index in [0.29, 0.717) is 0 Å². The SMILES string of the molecule is CCN(CC)c1ccc(C(=O)OC)nn1. The molecule has 0 fully saturated rings. The van der Waals surface area contributed by atoms with Gasteiger partial charge in [-0.25, -0.2) is 4.79 Å². The fraction of sp³-hybridized carbons (Fsp3) is 0.500. The smallest absolute Gasteiger partial charge is 0.358 e. The highest BCUT2D eigenvalue weighted by Gasteiger charge is 2.09. The first kappa shape index (κ1) is 11.4. The van der Waals surface area contributed by atoms with E-state index in [4.69, 9.17) is 0 Å². The van der Waals surface area contributed by atoms with E-state index in [2.05, 4.69) is 14.9 Å². The topological polar surface area (TPSA) is 55.3 Å². The fourth-order valence-corrected chi connectivity index (χ4v) is 1.25. The molecule has 1 heterocycles. The van der Waals surface area contributed by atoms with Crippen molar-refractivity contribution in [3.8, 4) is 0 Å². The minimum Gasteiger partial charge on any atom is -0.464 e. The van der Waals surface area contributed by atoms with Crippen molar-refractivity contribution in [1.29, 1.82) is 0 Å². The summed E-state index contributed by atoms with van der Waals surface area (Å²) in [5.41, 5.74) is 0.230. The highest BCUT2D eigenvalue weighted by Crippen LogP contribution is 2.08. The van der Waals surface area contributed by atoms with Crippen LogP contribution in [0.15, 0.2) is 12.1 Å². The number of carbonyl (C=O) groups is 1. The Kier molecular flexibility index (Phi) is 4.03. The number of hydrogen-bond donors (Lipinski definition) is 0. The molecule has 0 aromatic carbocycles. The minimum absolute atomic E-state index is 0.230. The maximum Gasteiger partial charge on any atom is 0.358 e. The predicted octanol–water partition coefficient (Wildman–Crippen LogP) is 1.11. The molecule has 0 aliphatic heterocycles. The minimum atomic E-state index is -0.464. The average molecular weight is 209 g/mol. The Hall–Kier alpha value is -1.65. The Bertz CT molecular complexity index is 320. The van der Waals surface area contributed by atoms with E-state index in [9.17, 15) is 4.79 Å². The Balaban J connectivity index is 2.84. The molecule has 1 aromatic rings. The third kappa shape index (κ3) is 2.65. The summed E-state index contributed by atoms with van der Waals surface area (Å²) in [4.78, 5) is 13.1. The average Bonchev–Trinajstić information content (AvgIpc) is 2.30. The molecule has 0 saturated carbocycles. The first-order valence-electron chi connectivity index (χ1n) is 4.89. The summed E-state index contributed by atoms with van der Waals surface area (Å²) in [5.74, 6) is 0.307. The van der Waals surface area contributed by atoms with Gasteiger partial charge in [0.2, 0.25) is 0 Å². The highest BCUT2D eigenvalue weighted by atomic mass is 16.5. The van der Waals surface area contributed by atoms with Gasteiger partial charge >= 0.3 is 5.97 Å². The Morgan fingerprint density at radius 3 is 2.40 bits per heavy atom. The first-order chi connectivity index (χ1) is 7.22. The van der Waals surface area contributed by atoms with E-state index in [1.54, 1.807) is 12.1 Å². The summed E-state index contributed by atoms with van der Waals surface area (Å²) < 4.78 is 4.53. The number of aromatic nitrogens is 2. The number of carbonyl (C=O) groups excluding carboxylic acids is 1. The molecule has 0 amide bonds. The molecule has 0 saturated heterocycles. The van der Waals surface area contributed by atoms with E-state index >= 15 is 0 Å². The van der Waals surface area contributed by atoms with Gasteiger partial charge in [-0.15, -0.1) is 10.2 Å². The van der Waals surface area contributed by atoms with Crippen molar-refractivity contribution in [3.05, 3.63) is 17.8 Å². The van der Waals surface area contributed by atoms with Gasteiger partial charge in [-0.2, -0.15) is 0 Å². The largest absolute Gasteiger partial charge is 0.464 e. The number of hydrogen-bond acceptors (Lipinski definition) is 5. The van der Waals surface area contributed by atoms with Gasteiger partial charge in [0.05, 0.1) is 7.11 Å². The fourth-order valence-electron chi connectivity index (χ4n) is 1.25. The zero-order chi connectivity index (χ0) is 11.3. The lowest BCUT2D eigenvalue weighted by Gasteiger charge is -2.18. The number of anilines is 1. The molecule has 0 atom stereocenters. The zero-order valence-corrected chi connectivity index (χ0v) is 9.23. The van der Waals surface area contributed by atoms with Crippen LogP contribution in [0.1, 0.15) is 24.3 Å². The second-order valence-electron chi connectivity index (χ2n) is 2.94. The number of methoxy groups -OCH3 is 1. The molecule has 0 bridgehead atoms. The van der Waals surface area contributed by atoms with E-state index in [0.717, 1.165) is 18.9 Å². The van der Waals surface area contributed by atoms with Gasteiger partial charge in [0.15, 0.2) is 11.5 Å². The molecule has 0 spiro atoms. The number of nitrogens with zero attached hydrogens (tertiary/aromatic N) is 3. The van der Waals surface area contributed by atoms with Crippen LogP contribution in [0.5, 0.6) is 0 Å². The number of rotatable bonds is 4. The summed E-state index contributed by atoms with van der Waals surface area (Å²) in [6.07, 6.45) is 0. The zero-order valence-electron chi connectivity index (χ0n) is 9.23. The van der Waals surface area contributed by atoms with Crippen LogP contribution in [-0.2, 0) is 4.74 Å². The van der Waals surface area contributed by atoms with Crippen LogP contribution >= 0.6 is 0 Å². The van der Waals surface area contributed by atoms with Crippen LogP contribution in [0.4, 0.5) is 5.82 Å². The second-order valence-corrected chi connectivity index (χ2v) is 2.94. The van der Waals surface area contributed by atoms with Crippen molar-refractivity contribution >= 4 is 11.8 Å². The number of ether oxygens (including phenoxy) is 1. The molecule has 1 aromatic heterocycles. The summed E-state index contributed by atoms with van der Waals surface area (Å²) in [7, 11) is 1.32. The van der Waals surface area contributed by atoms with Crippen molar-refractivity contribution in [1.82, 2.24) is 10.2 Å². The van der Waals surface area contributed by atoms with Gasteiger partial charge in [0.25, 0.3) is 0 Å². The molecule has 0 N–H and O–H groups in total. The van der Waals surface area contributed by atoms with E-state index in [1.807, 2.05) is 18.7 Å². The molecular formula is C10H15N3O2. The molecule has 0 radical (unpaired) electrons. The summed E-state index contributed by atoms with van der Waals surface area (Å²) in [6, 6.07) is 3.39. The second kappa shape index (κ2) is 5.29. The third-order valence-corrected chi connectivity index (χ3v) is 2.13. The van der Waals surface area contributed by atoms with Gasteiger partial charge in [-0.05, 0) is 26.0 Å². The molecule has 5 heteroatoms. The van der Waals surface area contributed by atoms with E-state index in [1.165, 1.54) is 7.11 Å². The van der Waals surface area contributed by atoms with Crippen LogP contribution in [0.2, 0.25) is 0 Å². The molecular weight excluding hydrogens is 194 g/mol. The molecule has 0 aliphatic rings. The monoisotopic (exact) mass is 209 g/mol. The number of esters is 1. The Labute approximate surface area is 89.1 Å². The quantitative estimate of drug-likeness (QED) is 0.695. The van der Waals surface area contributed by atoms with Gasteiger partial charge in [-0.3, -0.25) is 0 Å². The van der Waals surface area contributed by atoms with Crippen molar-refractivity contribution in [2.45, 2.75) is 13.8 Å². The summed E-state index contributed by atoms with van der Waals surface area (Å²) in [5, 5.41) is 7.76. The lowest BCUT2D eigenvalue weighted by molar-refractivity contribution is 0.0592. The molecule has 1 rings (SSSR count). The molecule has 0 aliphatic carbocycles. The van der Waals surface area contributed by atoms with Gasteiger partial charge in [-0.1, -0.05) is 0 Å². The van der Waals surface area contributed by atoms with E-state index in [-0.39, 0.29) is 5.69 Å². The molecule has 5 nitrogen and oxygen atoms in total. The Morgan fingerprint density at radius 1 is 1.33 bits per heavy atom. The van der Waals surface area contributed by atoms with Crippen molar-refractivity contribution in [3.63, 3.8) is 0 Å². The molecule has 82 valence electrons. The maximum atomic E-state index is 11.1. The van der Waals surface area contributed by atoms with Crippen LogP contribution in [0, 0.1) is 0 Å². The van der Waals surface area contributed by atoms with Gasteiger partial charge < -0.3 is 9.64 Å². The third-order valence-electron chi connectivity index (χ3n) is 2.13. The van der Waals surface area contributed by atoms with Crippen molar-refractivity contribution < 1.29 is 9.53 Å². The van der Waals surface area contributed by atoms with Crippen molar-refractivity contribution in [2.24, 2.45) is 0 Å². The van der Waals surface area contributed by atoms with E-state index < -0.39 is 5.97 Å². The van der Waals surface area contributed by atoms with Crippen molar-refractivity contribution in [2.75, 3.05) is 25.1 Å². The maximum absolute atomic E-state index is 11.1. The first-order valence-corrected chi connectivity index (χ1v) is 4.89. The standard InChI is InChI=1S/C10H15N3O2/c1-4-13(5-2)9-7-6-8(11-12-9)10(14)15-3/h6-7H,4-5H2,1-3H3. The lowest BCUT2D eigenvalue weighted by Crippen LogP contribution is -2.23. The van der Waals surface area contributed by atoms with Gasteiger partial charge in [0.1, 0.15) is 0 Å². The molecule has 0 unspecified atom stereocenters. The summed E-state index contributed by atoms with van der Waals surface area (Å²) in [6.45, 7) is 5.81. The molecule has 15 heavy (non-hydrogen) atoms. The van der Waals surface area contributed by atoms with Gasteiger partial charge in [0, 0.05) is 13.1 Å². The van der Waals surface area contributed by atoms with Crippen LogP contribution < -0.4 is 4.90 Å². The van der Waals surface area contributed by atoms with Crippen LogP contribution in [0.3, 0.4) is 0 Å². The Morgan fingerprint density at radius 2 is 2.00 bits per heavy atom.